The molecule has 0 radical (unpaired) electrons. The number of thiazole rings is 1. The van der Waals surface area contributed by atoms with E-state index in [0.29, 0.717) is 29.4 Å². The molecule has 2 heterocycles. The second kappa shape index (κ2) is 7.92. The zero-order chi connectivity index (χ0) is 20.4. The molecule has 150 valence electrons. The van der Waals surface area contributed by atoms with Crippen LogP contribution in [0.15, 0.2) is 48.1 Å². The summed E-state index contributed by atoms with van der Waals surface area (Å²) in [4.78, 5) is 20.7. The molecule has 1 aromatic carbocycles. The van der Waals surface area contributed by atoms with E-state index in [4.69, 9.17) is 0 Å². The lowest BCUT2D eigenvalue weighted by Crippen LogP contribution is -2.17. The number of hydrogen-bond donors (Lipinski definition) is 2. The Bertz CT molecular complexity index is 1140. The predicted octanol–water partition coefficient (Wildman–Crippen LogP) is 3.60. The number of carbonyl (C=O) groups excluding carboxylic acids is 1. The van der Waals surface area contributed by atoms with E-state index in [0.717, 1.165) is 16.7 Å². The second-order valence-electron chi connectivity index (χ2n) is 7.04. The highest BCUT2D eigenvalue weighted by Crippen LogP contribution is 2.30. The van der Waals surface area contributed by atoms with E-state index in [-0.39, 0.29) is 17.6 Å². The summed E-state index contributed by atoms with van der Waals surface area (Å²) in [6.07, 6.45) is 5.06. The first-order chi connectivity index (χ1) is 13.9. The molecule has 0 atom stereocenters. The number of nitrogens with zero attached hydrogens (tertiary/aromatic N) is 2. The first-order valence-corrected chi connectivity index (χ1v) is 11.6. The van der Waals surface area contributed by atoms with Gasteiger partial charge in [-0.2, -0.15) is 0 Å². The van der Waals surface area contributed by atoms with E-state index >= 15 is 0 Å². The van der Waals surface area contributed by atoms with Crippen LogP contribution in [0.5, 0.6) is 0 Å². The summed E-state index contributed by atoms with van der Waals surface area (Å²) in [5.74, 6) is -0.211. The molecule has 1 saturated carbocycles. The van der Waals surface area contributed by atoms with Gasteiger partial charge in [-0.1, -0.05) is 12.1 Å². The maximum absolute atomic E-state index is 12.3. The Kier molecular flexibility index (Phi) is 5.33. The number of hydrogen-bond acceptors (Lipinski definition) is 6. The van der Waals surface area contributed by atoms with Crippen LogP contribution >= 0.6 is 11.3 Å². The number of benzene rings is 1. The zero-order valence-electron chi connectivity index (χ0n) is 15.8. The number of sulfonamides is 1. The van der Waals surface area contributed by atoms with Crippen molar-refractivity contribution < 1.29 is 13.2 Å². The fourth-order valence-corrected chi connectivity index (χ4v) is 5.15. The molecule has 1 fully saturated rings. The normalized spacial score (nSPS) is 13.8. The fraction of sp³-hybridized carbons (Fsp3) is 0.250. The van der Waals surface area contributed by atoms with Gasteiger partial charge in [0.1, 0.15) is 0 Å². The van der Waals surface area contributed by atoms with Gasteiger partial charge >= 0.3 is 0 Å². The van der Waals surface area contributed by atoms with Gasteiger partial charge in [0.15, 0.2) is 5.13 Å². The highest BCUT2D eigenvalue weighted by Gasteiger charge is 2.36. The molecule has 7 nitrogen and oxygen atoms in total. The lowest BCUT2D eigenvalue weighted by Gasteiger charge is -2.07. The van der Waals surface area contributed by atoms with Crippen molar-refractivity contribution in [3.8, 4) is 11.1 Å². The van der Waals surface area contributed by atoms with Gasteiger partial charge in [-0.25, -0.2) is 13.4 Å². The number of pyridine rings is 1. The zero-order valence-corrected chi connectivity index (χ0v) is 17.4. The third kappa shape index (κ3) is 4.99. The van der Waals surface area contributed by atoms with Crippen molar-refractivity contribution in [2.45, 2.75) is 31.4 Å². The molecule has 0 spiro atoms. The second-order valence-corrected chi connectivity index (χ2v) is 9.86. The minimum absolute atomic E-state index is 0.0746. The minimum Gasteiger partial charge on any atom is -0.326 e. The monoisotopic (exact) mass is 428 g/mol. The van der Waals surface area contributed by atoms with Crippen LogP contribution in [0.4, 0.5) is 10.8 Å². The van der Waals surface area contributed by atoms with Crippen molar-refractivity contribution in [2.24, 2.45) is 0 Å². The van der Waals surface area contributed by atoms with Crippen LogP contribution < -0.4 is 10.0 Å². The van der Waals surface area contributed by atoms with Crippen LogP contribution in [0.25, 0.3) is 11.1 Å². The average Bonchev–Trinajstić information content (AvgIpc) is 3.46. The van der Waals surface area contributed by atoms with Crippen LogP contribution in [-0.2, 0) is 21.2 Å². The lowest BCUT2D eigenvalue weighted by atomic mass is 10.1. The molecular weight excluding hydrogens is 408 g/mol. The maximum atomic E-state index is 12.3. The van der Waals surface area contributed by atoms with Crippen molar-refractivity contribution in [3.63, 3.8) is 0 Å². The molecule has 1 amide bonds. The number of nitrogens with one attached hydrogen (secondary N) is 2. The number of rotatable bonds is 7. The molecule has 29 heavy (non-hydrogen) atoms. The summed E-state index contributed by atoms with van der Waals surface area (Å²) in [5.41, 5.74) is 4.34. The van der Waals surface area contributed by atoms with Crippen molar-refractivity contribution in [2.75, 3.05) is 10.0 Å². The third-order valence-corrected chi connectivity index (χ3v) is 7.23. The Hall–Kier alpha value is -2.78. The van der Waals surface area contributed by atoms with Crippen LogP contribution in [-0.4, -0.2) is 29.5 Å². The molecule has 2 N–H and O–H groups in total. The van der Waals surface area contributed by atoms with Gasteiger partial charge in [-0.3, -0.25) is 14.5 Å². The molecular formula is C20H20N4O3S2. The number of carbonyl (C=O) groups is 1. The molecule has 1 aliphatic rings. The number of aromatic nitrogens is 2. The number of anilines is 2. The molecule has 1 aliphatic carbocycles. The third-order valence-electron chi connectivity index (χ3n) is 4.46. The fourth-order valence-electron chi connectivity index (χ4n) is 2.85. The first kappa shape index (κ1) is 19.5. The van der Waals surface area contributed by atoms with E-state index in [2.05, 4.69) is 26.1 Å². The van der Waals surface area contributed by atoms with Crippen molar-refractivity contribution >= 4 is 38.1 Å². The van der Waals surface area contributed by atoms with E-state index in [1.54, 1.807) is 17.8 Å². The lowest BCUT2D eigenvalue weighted by molar-refractivity contribution is -0.115. The summed E-state index contributed by atoms with van der Waals surface area (Å²) in [6.45, 7) is 1.99. The molecule has 4 rings (SSSR count). The largest absolute Gasteiger partial charge is 0.326 e. The molecule has 0 aliphatic heterocycles. The van der Waals surface area contributed by atoms with Gasteiger partial charge in [-0.05, 0) is 49.1 Å². The quantitative estimate of drug-likeness (QED) is 0.599. The van der Waals surface area contributed by atoms with Crippen LogP contribution in [0, 0.1) is 6.92 Å². The number of aryl methyl sites for hydroxylation is 1. The summed E-state index contributed by atoms with van der Waals surface area (Å²) in [7, 11) is -3.34. The molecule has 0 saturated heterocycles. The highest BCUT2D eigenvalue weighted by atomic mass is 32.2. The van der Waals surface area contributed by atoms with Gasteiger partial charge in [0.2, 0.25) is 15.9 Å². The van der Waals surface area contributed by atoms with E-state index in [1.807, 2.05) is 31.2 Å². The van der Waals surface area contributed by atoms with Gasteiger partial charge < -0.3 is 5.32 Å². The molecule has 3 aromatic rings. The Morgan fingerprint density at radius 1 is 1.17 bits per heavy atom. The van der Waals surface area contributed by atoms with Gasteiger partial charge in [0.25, 0.3) is 0 Å². The smallest absolute Gasteiger partial charge is 0.237 e. The summed E-state index contributed by atoms with van der Waals surface area (Å²) < 4.78 is 26.4. The molecule has 0 unspecified atom stereocenters. The van der Waals surface area contributed by atoms with Crippen molar-refractivity contribution in [1.82, 2.24) is 9.97 Å². The Morgan fingerprint density at radius 2 is 1.93 bits per heavy atom. The summed E-state index contributed by atoms with van der Waals surface area (Å²) >= 11 is 1.18. The topological polar surface area (TPSA) is 101 Å². The summed E-state index contributed by atoms with van der Waals surface area (Å²) in [5, 5.41) is 4.52. The van der Waals surface area contributed by atoms with Gasteiger partial charge in [0.05, 0.1) is 17.4 Å². The van der Waals surface area contributed by atoms with Gasteiger partial charge in [-0.15, -0.1) is 11.3 Å². The van der Waals surface area contributed by atoms with Gasteiger partial charge in [0, 0.05) is 29.0 Å². The number of amides is 1. The van der Waals surface area contributed by atoms with Crippen LogP contribution in [0.1, 0.15) is 24.1 Å². The maximum Gasteiger partial charge on any atom is 0.237 e. The molecule has 2 aromatic heterocycles. The van der Waals surface area contributed by atoms with Crippen molar-refractivity contribution in [3.05, 3.63) is 59.4 Å². The Labute approximate surface area is 173 Å². The first-order valence-electron chi connectivity index (χ1n) is 9.17. The van der Waals surface area contributed by atoms with E-state index in [9.17, 15) is 13.2 Å². The standard InChI is InChI=1S/C20H20N4O3S2/c1-13-8-15(11-21-10-13)14-2-4-16(5-3-14)22-19(25)9-17-12-28-20(23-17)24-29(26,27)18-6-7-18/h2-5,8,10-12,18H,6-7,9H2,1H3,(H,22,25)(H,23,24). The van der Waals surface area contributed by atoms with Crippen molar-refractivity contribution in [1.29, 1.82) is 0 Å². The average molecular weight is 429 g/mol. The minimum atomic E-state index is -3.34. The SMILES string of the molecule is Cc1cncc(-c2ccc(NC(=O)Cc3csc(NS(=O)(=O)C4CC4)n3)cc2)c1. The highest BCUT2D eigenvalue weighted by molar-refractivity contribution is 7.93. The van der Waals surface area contributed by atoms with E-state index < -0.39 is 10.0 Å². The molecule has 0 bridgehead atoms. The summed E-state index contributed by atoms with van der Waals surface area (Å²) in [6, 6.07) is 9.59. The Morgan fingerprint density at radius 3 is 2.62 bits per heavy atom. The van der Waals surface area contributed by atoms with Crippen LogP contribution in [0.2, 0.25) is 0 Å². The van der Waals surface area contributed by atoms with E-state index in [1.165, 1.54) is 11.3 Å². The predicted molar refractivity (Wildman–Crippen MR) is 114 cm³/mol. The molecule has 9 heteroatoms. The van der Waals surface area contributed by atoms with Crippen LogP contribution in [0.3, 0.4) is 0 Å². The Balaban J connectivity index is 1.35.